The van der Waals surface area contributed by atoms with E-state index in [1.54, 1.807) is 4.90 Å². The highest BCUT2D eigenvalue weighted by Gasteiger charge is 2.29. The second-order valence-corrected chi connectivity index (χ2v) is 8.73. The van der Waals surface area contributed by atoms with E-state index in [0.717, 1.165) is 34.6 Å². The fraction of sp³-hybridized carbons (Fsp3) is 0.481. The first-order valence-corrected chi connectivity index (χ1v) is 11.9. The van der Waals surface area contributed by atoms with Crippen molar-refractivity contribution in [3.05, 3.63) is 59.2 Å². The summed E-state index contributed by atoms with van der Waals surface area (Å²) in [5, 5.41) is 3.06. The molecule has 0 saturated heterocycles. The second kappa shape index (κ2) is 11.7. The minimum atomic E-state index is -0.506. The number of carbonyl (C=O) groups excluding carboxylic acids is 2. The van der Waals surface area contributed by atoms with Crippen LogP contribution in [0.5, 0.6) is 11.5 Å². The zero-order valence-corrected chi connectivity index (χ0v) is 20.2. The average Bonchev–Trinajstić information content (AvgIpc) is 2.83. The van der Waals surface area contributed by atoms with Gasteiger partial charge in [0.05, 0.1) is 0 Å². The largest absolute Gasteiger partial charge is 0.486 e. The second-order valence-electron chi connectivity index (χ2n) is 8.73. The number of benzene rings is 2. The molecule has 1 heterocycles. The van der Waals surface area contributed by atoms with Gasteiger partial charge in [-0.25, -0.2) is 0 Å². The number of nitrogens with zero attached hydrogens (tertiary/aromatic N) is 1. The molecule has 0 spiro atoms. The van der Waals surface area contributed by atoms with Crippen LogP contribution in [0.25, 0.3) is 0 Å². The van der Waals surface area contributed by atoms with E-state index in [2.05, 4.69) is 5.32 Å². The van der Waals surface area contributed by atoms with E-state index in [1.165, 1.54) is 0 Å². The standard InChI is InChI=1S/C27H36N2O4/c1-5-20(4)28-27(31)23(6-2)29(18-22-9-7-19(3)8-10-22)26(30)14-12-21-11-13-24-25(17-21)33-16-15-32-24/h7-11,13,17,20,23H,5-6,12,14-16,18H2,1-4H3,(H,28,31)/t20-,23+/m0/s1. The number of hydrogen-bond acceptors (Lipinski definition) is 4. The van der Waals surface area contributed by atoms with Crippen LogP contribution in [0, 0.1) is 6.92 Å². The summed E-state index contributed by atoms with van der Waals surface area (Å²) in [5.41, 5.74) is 3.19. The Morgan fingerprint density at radius 1 is 0.970 bits per heavy atom. The van der Waals surface area contributed by atoms with Crippen molar-refractivity contribution in [2.24, 2.45) is 0 Å². The number of fused-ring (bicyclic) bond motifs is 1. The molecule has 0 aliphatic carbocycles. The summed E-state index contributed by atoms with van der Waals surface area (Å²) in [6.07, 6.45) is 2.30. The van der Waals surface area contributed by atoms with Crippen LogP contribution >= 0.6 is 0 Å². The summed E-state index contributed by atoms with van der Waals surface area (Å²) in [6.45, 7) is 9.50. The third-order valence-corrected chi connectivity index (χ3v) is 6.09. The third-order valence-electron chi connectivity index (χ3n) is 6.09. The monoisotopic (exact) mass is 452 g/mol. The molecule has 0 aromatic heterocycles. The summed E-state index contributed by atoms with van der Waals surface area (Å²) in [4.78, 5) is 28.2. The Morgan fingerprint density at radius 3 is 2.30 bits per heavy atom. The summed E-state index contributed by atoms with van der Waals surface area (Å²) in [7, 11) is 0. The lowest BCUT2D eigenvalue weighted by Crippen LogP contribution is -2.50. The number of ether oxygens (including phenoxy) is 2. The van der Waals surface area contributed by atoms with Crippen LogP contribution in [0.2, 0.25) is 0 Å². The van der Waals surface area contributed by atoms with E-state index in [4.69, 9.17) is 9.47 Å². The van der Waals surface area contributed by atoms with Gasteiger partial charge in [0.1, 0.15) is 19.3 Å². The van der Waals surface area contributed by atoms with Gasteiger partial charge in [-0.3, -0.25) is 9.59 Å². The molecule has 0 fully saturated rings. The summed E-state index contributed by atoms with van der Waals surface area (Å²) in [5.74, 6) is 1.34. The van der Waals surface area contributed by atoms with Gasteiger partial charge in [-0.15, -0.1) is 0 Å². The van der Waals surface area contributed by atoms with Crippen molar-refractivity contribution in [2.75, 3.05) is 13.2 Å². The molecule has 2 aromatic carbocycles. The molecule has 1 N–H and O–H groups in total. The van der Waals surface area contributed by atoms with Crippen LogP contribution in [0.1, 0.15) is 56.7 Å². The molecule has 0 saturated carbocycles. The number of nitrogens with one attached hydrogen (secondary N) is 1. The quantitative estimate of drug-likeness (QED) is 0.579. The molecular formula is C27H36N2O4. The number of hydrogen-bond donors (Lipinski definition) is 1. The molecule has 33 heavy (non-hydrogen) atoms. The normalized spacial score (nSPS) is 14.3. The molecule has 1 aliphatic heterocycles. The minimum Gasteiger partial charge on any atom is -0.486 e. The minimum absolute atomic E-state index is 0.0309. The Balaban J connectivity index is 1.75. The lowest BCUT2D eigenvalue weighted by Gasteiger charge is -2.31. The average molecular weight is 453 g/mol. The van der Waals surface area contributed by atoms with Crippen molar-refractivity contribution in [3.8, 4) is 11.5 Å². The summed E-state index contributed by atoms with van der Waals surface area (Å²) in [6, 6.07) is 13.5. The van der Waals surface area contributed by atoms with E-state index < -0.39 is 6.04 Å². The number of amides is 2. The SMILES string of the molecule is CC[C@H](C(=O)N[C@@H](C)CC)N(Cc1ccc(C)cc1)C(=O)CCc1ccc2c(c1)OCCO2. The van der Waals surface area contributed by atoms with Crippen molar-refractivity contribution in [2.45, 2.75) is 72.0 Å². The topological polar surface area (TPSA) is 67.9 Å². The van der Waals surface area contributed by atoms with Crippen LogP contribution in [0.15, 0.2) is 42.5 Å². The van der Waals surface area contributed by atoms with E-state index in [0.29, 0.717) is 39.0 Å². The first kappa shape index (κ1) is 24.6. The predicted octanol–water partition coefficient (Wildman–Crippen LogP) is 4.42. The summed E-state index contributed by atoms with van der Waals surface area (Å²) < 4.78 is 11.3. The highest BCUT2D eigenvalue weighted by atomic mass is 16.6. The molecule has 0 unspecified atom stereocenters. The van der Waals surface area contributed by atoms with E-state index in [9.17, 15) is 9.59 Å². The molecular weight excluding hydrogens is 416 g/mol. The van der Waals surface area contributed by atoms with Gasteiger partial charge in [0, 0.05) is 19.0 Å². The molecule has 6 heteroatoms. The number of carbonyl (C=O) groups is 2. The lowest BCUT2D eigenvalue weighted by molar-refractivity contribution is -0.141. The van der Waals surface area contributed by atoms with Gasteiger partial charge in [-0.1, -0.05) is 49.7 Å². The number of rotatable bonds is 10. The van der Waals surface area contributed by atoms with Crippen LogP contribution in [-0.2, 0) is 22.6 Å². The van der Waals surface area contributed by atoms with Crippen molar-refractivity contribution >= 4 is 11.8 Å². The van der Waals surface area contributed by atoms with E-state index in [-0.39, 0.29) is 17.9 Å². The summed E-state index contributed by atoms with van der Waals surface area (Å²) >= 11 is 0. The Hall–Kier alpha value is -3.02. The highest BCUT2D eigenvalue weighted by Crippen LogP contribution is 2.31. The fourth-order valence-electron chi connectivity index (χ4n) is 3.89. The maximum Gasteiger partial charge on any atom is 0.243 e. The molecule has 6 nitrogen and oxygen atoms in total. The van der Waals surface area contributed by atoms with Gasteiger partial charge in [-0.2, -0.15) is 0 Å². The Morgan fingerprint density at radius 2 is 1.64 bits per heavy atom. The van der Waals surface area contributed by atoms with Crippen LogP contribution in [0.4, 0.5) is 0 Å². The molecule has 0 radical (unpaired) electrons. The molecule has 2 aromatic rings. The Labute approximate surface area is 197 Å². The van der Waals surface area contributed by atoms with Crippen LogP contribution in [0.3, 0.4) is 0 Å². The molecule has 3 rings (SSSR count). The Bertz CT molecular complexity index is 942. The lowest BCUT2D eigenvalue weighted by atomic mass is 10.0. The van der Waals surface area contributed by atoms with E-state index in [1.807, 2.05) is 70.2 Å². The van der Waals surface area contributed by atoms with Gasteiger partial charge in [0.25, 0.3) is 0 Å². The molecule has 2 amide bonds. The van der Waals surface area contributed by atoms with Crippen molar-refractivity contribution < 1.29 is 19.1 Å². The van der Waals surface area contributed by atoms with Crippen molar-refractivity contribution in [1.82, 2.24) is 10.2 Å². The van der Waals surface area contributed by atoms with Crippen molar-refractivity contribution in [3.63, 3.8) is 0 Å². The van der Waals surface area contributed by atoms with Gasteiger partial charge in [0.15, 0.2) is 11.5 Å². The van der Waals surface area contributed by atoms with Gasteiger partial charge < -0.3 is 19.7 Å². The van der Waals surface area contributed by atoms with Crippen LogP contribution in [-0.4, -0.2) is 42.0 Å². The molecule has 1 aliphatic rings. The highest BCUT2D eigenvalue weighted by molar-refractivity contribution is 5.88. The van der Waals surface area contributed by atoms with Gasteiger partial charge >= 0.3 is 0 Å². The molecule has 2 atom stereocenters. The predicted molar refractivity (Wildman–Crippen MR) is 129 cm³/mol. The third kappa shape index (κ3) is 6.73. The number of aryl methyl sites for hydroxylation is 2. The van der Waals surface area contributed by atoms with Crippen molar-refractivity contribution in [1.29, 1.82) is 0 Å². The van der Waals surface area contributed by atoms with Gasteiger partial charge in [-0.05, 0) is 56.4 Å². The van der Waals surface area contributed by atoms with E-state index >= 15 is 0 Å². The maximum absolute atomic E-state index is 13.4. The van der Waals surface area contributed by atoms with Crippen LogP contribution < -0.4 is 14.8 Å². The molecule has 0 bridgehead atoms. The smallest absolute Gasteiger partial charge is 0.243 e. The zero-order valence-electron chi connectivity index (χ0n) is 20.2. The Kier molecular flexibility index (Phi) is 8.75. The van der Waals surface area contributed by atoms with Gasteiger partial charge in [0.2, 0.25) is 11.8 Å². The maximum atomic E-state index is 13.4. The fourth-order valence-corrected chi connectivity index (χ4v) is 3.89. The zero-order chi connectivity index (χ0) is 23.8. The first-order valence-electron chi connectivity index (χ1n) is 11.9. The first-order chi connectivity index (χ1) is 15.9. The molecule has 178 valence electrons.